The van der Waals surface area contributed by atoms with Crippen LogP contribution >= 0.6 is 0 Å². The Morgan fingerprint density at radius 2 is 2.43 bits per heavy atom. The Labute approximate surface area is 46.6 Å². The van der Waals surface area contributed by atoms with Crippen LogP contribution < -0.4 is 5.73 Å². The lowest BCUT2D eigenvalue weighted by Crippen LogP contribution is -1.95. The molecule has 1 unspecified atom stereocenters. The van der Waals surface area contributed by atoms with Crippen molar-refractivity contribution >= 4 is 11.2 Å². The smallest absolute Gasteiger partial charge is 0.113 e. The summed E-state index contributed by atoms with van der Waals surface area (Å²) in [7, 11) is 0. The zero-order chi connectivity index (χ0) is 5.70. The molecule has 0 aromatic carbocycles. The Balaban J connectivity index is 3.08. The molecule has 2 N–H and O–H groups in total. The van der Waals surface area contributed by atoms with E-state index in [2.05, 4.69) is 0 Å². The molecular weight excluding hydrogens is 110 g/mol. The number of nitrogens with two attached hydrogens (primary N) is 1. The van der Waals surface area contributed by atoms with Crippen LogP contribution in [0.15, 0.2) is 11.5 Å². The van der Waals surface area contributed by atoms with E-state index in [9.17, 15) is 4.55 Å². The maximum absolute atomic E-state index is 10.2. The first-order valence-corrected chi connectivity index (χ1v) is 3.58. The fourth-order valence-corrected chi connectivity index (χ4v) is 0.573. The molecule has 2 nitrogen and oxygen atoms in total. The number of hydrogen-bond acceptors (Lipinski definition) is 2. The van der Waals surface area contributed by atoms with Crippen molar-refractivity contribution in [3.8, 4) is 0 Å². The topological polar surface area (TPSA) is 49.1 Å². The molecular formula is C4H9NOS. The Kier molecular flexibility index (Phi) is 4.18. The van der Waals surface area contributed by atoms with Gasteiger partial charge in [0, 0.05) is 6.54 Å². The van der Waals surface area contributed by atoms with Gasteiger partial charge in [0.25, 0.3) is 0 Å². The first kappa shape index (κ1) is 7.01. The minimum absolute atomic E-state index is 0.472. The van der Waals surface area contributed by atoms with Gasteiger partial charge in [-0.1, -0.05) is 0 Å². The van der Waals surface area contributed by atoms with Crippen molar-refractivity contribution in [3.05, 3.63) is 11.5 Å². The molecule has 42 valence electrons. The van der Waals surface area contributed by atoms with Crippen molar-refractivity contribution < 1.29 is 4.55 Å². The predicted octanol–water partition coefficient (Wildman–Crippen LogP) is -0.163. The molecule has 3 heteroatoms. The van der Waals surface area contributed by atoms with Crippen molar-refractivity contribution in [2.24, 2.45) is 5.73 Å². The maximum atomic E-state index is 10.2. The highest BCUT2D eigenvalue weighted by Crippen LogP contribution is 1.81. The highest BCUT2D eigenvalue weighted by molar-refractivity contribution is 7.93. The second-order valence-electron chi connectivity index (χ2n) is 1.11. The quantitative estimate of drug-likeness (QED) is 0.513. The normalized spacial score (nSPS) is 15.3. The average molecular weight is 119 g/mol. The van der Waals surface area contributed by atoms with E-state index in [0.717, 1.165) is 0 Å². The summed E-state index contributed by atoms with van der Waals surface area (Å²) in [5, 5.41) is 1.57. The highest BCUT2D eigenvalue weighted by Gasteiger charge is 1.80. The second-order valence-corrected chi connectivity index (χ2v) is 2.38. The summed E-state index contributed by atoms with van der Waals surface area (Å²) in [6.45, 7) is 0.472. The van der Waals surface area contributed by atoms with Gasteiger partial charge >= 0.3 is 0 Å². The third-order valence-corrected chi connectivity index (χ3v) is 1.000. The van der Waals surface area contributed by atoms with Crippen molar-refractivity contribution in [3.63, 3.8) is 0 Å². The fraction of sp³-hybridized carbons (Fsp3) is 0.500. The van der Waals surface area contributed by atoms with Crippen LogP contribution in [0, 0.1) is 0 Å². The first-order chi connectivity index (χ1) is 3.27. The minimum Gasteiger partial charge on any atom is -0.612 e. The summed E-state index contributed by atoms with van der Waals surface area (Å²) in [6, 6.07) is 0. The zero-order valence-corrected chi connectivity index (χ0v) is 5.07. The van der Waals surface area contributed by atoms with Gasteiger partial charge in [0.2, 0.25) is 0 Å². The van der Waals surface area contributed by atoms with E-state index in [0.29, 0.717) is 6.54 Å². The van der Waals surface area contributed by atoms with Gasteiger partial charge in [-0.15, -0.1) is 0 Å². The second kappa shape index (κ2) is 4.18. The lowest BCUT2D eigenvalue weighted by Gasteiger charge is -1.92. The van der Waals surface area contributed by atoms with Crippen LogP contribution in [-0.2, 0) is 11.2 Å². The van der Waals surface area contributed by atoms with Crippen molar-refractivity contribution in [2.75, 3.05) is 12.8 Å². The van der Waals surface area contributed by atoms with Gasteiger partial charge in [0.05, 0.1) is 6.26 Å². The van der Waals surface area contributed by atoms with Gasteiger partial charge in [-0.2, -0.15) is 0 Å². The molecule has 7 heavy (non-hydrogen) atoms. The average Bonchev–Trinajstić information content (AvgIpc) is 1.61. The van der Waals surface area contributed by atoms with Crippen LogP contribution in [0.25, 0.3) is 0 Å². The molecule has 0 radical (unpaired) electrons. The Morgan fingerprint density at radius 1 is 1.86 bits per heavy atom. The molecule has 0 saturated heterocycles. The molecule has 0 aromatic rings. The van der Waals surface area contributed by atoms with E-state index >= 15 is 0 Å². The molecule has 0 bridgehead atoms. The maximum Gasteiger partial charge on any atom is 0.113 e. The number of hydrogen-bond donors (Lipinski definition) is 1. The zero-order valence-electron chi connectivity index (χ0n) is 4.26. The molecule has 0 heterocycles. The minimum atomic E-state index is -0.826. The van der Waals surface area contributed by atoms with Crippen LogP contribution in [0.2, 0.25) is 0 Å². The molecule has 1 atom stereocenters. The SMILES string of the molecule is C[S+]([O-])/C=C/CN. The monoisotopic (exact) mass is 119 g/mol. The van der Waals surface area contributed by atoms with E-state index in [4.69, 9.17) is 5.73 Å². The molecule has 0 aliphatic rings. The summed E-state index contributed by atoms with van der Waals surface area (Å²) in [5.41, 5.74) is 5.06. The number of rotatable bonds is 2. The van der Waals surface area contributed by atoms with Gasteiger partial charge in [0.15, 0.2) is 0 Å². The molecule has 0 fully saturated rings. The molecule has 0 aromatic heterocycles. The summed E-state index contributed by atoms with van der Waals surface area (Å²) in [6.07, 6.45) is 3.28. The molecule has 0 spiro atoms. The Morgan fingerprint density at radius 3 is 2.57 bits per heavy atom. The molecule has 0 aliphatic carbocycles. The Bertz CT molecular complexity index is 62.7. The van der Waals surface area contributed by atoms with Crippen LogP contribution in [0.5, 0.6) is 0 Å². The van der Waals surface area contributed by atoms with Crippen LogP contribution in [0.1, 0.15) is 0 Å². The summed E-state index contributed by atoms with van der Waals surface area (Å²) >= 11 is -0.826. The largest absolute Gasteiger partial charge is 0.612 e. The lowest BCUT2D eigenvalue weighted by molar-refractivity contribution is 0.609. The van der Waals surface area contributed by atoms with Crippen LogP contribution in [0.4, 0.5) is 0 Å². The third kappa shape index (κ3) is 6.01. The van der Waals surface area contributed by atoms with Crippen molar-refractivity contribution in [2.45, 2.75) is 0 Å². The highest BCUT2D eigenvalue weighted by atomic mass is 32.2. The van der Waals surface area contributed by atoms with E-state index in [1.807, 2.05) is 0 Å². The van der Waals surface area contributed by atoms with Gasteiger partial charge < -0.3 is 10.3 Å². The summed E-state index contributed by atoms with van der Waals surface area (Å²) in [5.74, 6) is 0. The van der Waals surface area contributed by atoms with E-state index in [1.165, 1.54) is 0 Å². The van der Waals surface area contributed by atoms with Crippen LogP contribution in [0.3, 0.4) is 0 Å². The van der Waals surface area contributed by atoms with Gasteiger partial charge in [-0.25, -0.2) is 0 Å². The predicted molar refractivity (Wildman–Crippen MR) is 32.3 cm³/mol. The van der Waals surface area contributed by atoms with Crippen molar-refractivity contribution in [1.29, 1.82) is 0 Å². The summed E-state index contributed by atoms with van der Waals surface area (Å²) < 4.78 is 10.2. The first-order valence-electron chi connectivity index (χ1n) is 1.96. The fourth-order valence-electron chi connectivity index (χ4n) is 0.191. The van der Waals surface area contributed by atoms with E-state index in [1.54, 1.807) is 17.7 Å². The van der Waals surface area contributed by atoms with E-state index < -0.39 is 11.2 Å². The standard InChI is InChI=1S/C4H9NOS/c1-7(6)4-2-3-5/h2,4H,3,5H2,1H3/b4-2+. The van der Waals surface area contributed by atoms with Crippen molar-refractivity contribution in [1.82, 2.24) is 0 Å². The Hall–Kier alpha value is 0.01000. The van der Waals surface area contributed by atoms with Gasteiger partial charge in [0.1, 0.15) is 5.41 Å². The molecule has 0 amide bonds. The van der Waals surface area contributed by atoms with Gasteiger partial charge in [-0.05, 0) is 17.3 Å². The van der Waals surface area contributed by atoms with Crippen LogP contribution in [-0.4, -0.2) is 17.4 Å². The molecule has 0 aliphatic heterocycles. The van der Waals surface area contributed by atoms with E-state index in [-0.39, 0.29) is 0 Å². The third-order valence-electron chi connectivity index (χ3n) is 0.424. The summed E-state index contributed by atoms with van der Waals surface area (Å²) in [4.78, 5) is 0. The van der Waals surface area contributed by atoms with Gasteiger partial charge in [-0.3, -0.25) is 0 Å². The lowest BCUT2D eigenvalue weighted by atomic mass is 10.7. The molecule has 0 rings (SSSR count). The molecule has 0 saturated carbocycles.